The molecule has 2 atom stereocenters. The van der Waals surface area contributed by atoms with Gasteiger partial charge in [-0.3, -0.25) is 4.90 Å². The van der Waals surface area contributed by atoms with Crippen LogP contribution in [0.25, 0.3) is 0 Å². The zero-order chi connectivity index (χ0) is 13.1. The van der Waals surface area contributed by atoms with Gasteiger partial charge in [0.1, 0.15) is 0 Å². The first-order valence-corrected chi connectivity index (χ1v) is 6.85. The molecule has 1 heterocycles. The highest BCUT2D eigenvalue weighted by atomic mass is 35.5. The number of likely N-dealkylation sites (tertiary alicyclic amines) is 1. The van der Waals surface area contributed by atoms with Crippen molar-refractivity contribution >= 4 is 23.2 Å². The Hall–Kier alpha value is -0.320. The van der Waals surface area contributed by atoms with Crippen molar-refractivity contribution < 1.29 is 10.2 Å². The van der Waals surface area contributed by atoms with Crippen molar-refractivity contribution in [3.8, 4) is 0 Å². The molecule has 0 aromatic heterocycles. The monoisotopic (exact) mass is 289 g/mol. The number of aliphatic hydroxyl groups excluding tert-OH is 2. The maximum atomic E-state index is 10.2. The Morgan fingerprint density at radius 1 is 1.39 bits per heavy atom. The molecule has 0 radical (unpaired) electrons. The Bertz CT molecular complexity index is 414. The first-order valence-electron chi connectivity index (χ1n) is 6.09. The molecular weight excluding hydrogens is 273 g/mol. The quantitative estimate of drug-likeness (QED) is 0.899. The highest BCUT2D eigenvalue weighted by Crippen LogP contribution is 2.27. The summed E-state index contributed by atoms with van der Waals surface area (Å²) in [6.07, 6.45) is 0.823. The van der Waals surface area contributed by atoms with E-state index in [-0.39, 0.29) is 6.10 Å². The van der Waals surface area contributed by atoms with Crippen LogP contribution in [-0.2, 0) is 0 Å². The van der Waals surface area contributed by atoms with Gasteiger partial charge in [-0.25, -0.2) is 0 Å². The standard InChI is InChI=1S/C13H17Cl2NO2/c14-9-3-4-12(15)11(6-9)13(18)8-16-5-1-2-10(17)7-16/h3-4,6,10,13,17-18H,1-2,5,7-8H2/t10-,13-/m1/s1. The minimum Gasteiger partial charge on any atom is -0.392 e. The largest absolute Gasteiger partial charge is 0.392 e. The van der Waals surface area contributed by atoms with Crippen molar-refractivity contribution in [2.45, 2.75) is 25.0 Å². The zero-order valence-electron chi connectivity index (χ0n) is 10.0. The van der Waals surface area contributed by atoms with E-state index in [0.29, 0.717) is 28.7 Å². The number of hydrogen-bond donors (Lipinski definition) is 2. The van der Waals surface area contributed by atoms with Crippen molar-refractivity contribution in [1.82, 2.24) is 4.90 Å². The van der Waals surface area contributed by atoms with Gasteiger partial charge in [0.15, 0.2) is 0 Å². The highest BCUT2D eigenvalue weighted by Gasteiger charge is 2.21. The number of β-amino-alcohol motifs (C(OH)–C–C–N with tert-alkyl or cyclic N) is 2. The molecule has 3 nitrogen and oxygen atoms in total. The molecular formula is C13H17Cl2NO2. The number of rotatable bonds is 3. The third-order valence-corrected chi connectivity index (χ3v) is 3.81. The summed E-state index contributed by atoms with van der Waals surface area (Å²) in [5.41, 5.74) is 0.643. The van der Waals surface area contributed by atoms with Crippen LogP contribution in [0.5, 0.6) is 0 Å². The summed E-state index contributed by atoms with van der Waals surface area (Å²) in [6, 6.07) is 5.08. The zero-order valence-corrected chi connectivity index (χ0v) is 11.5. The van der Waals surface area contributed by atoms with E-state index in [1.165, 1.54) is 0 Å². The molecule has 0 bridgehead atoms. The van der Waals surface area contributed by atoms with Crippen LogP contribution >= 0.6 is 23.2 Å². The third-order valence-electron chi connectivity index (χ3n) is 3.23. The van der Waals surface area contributed by atoms with Gasteiger partial charge < -0.3 is 10.2 Å². The lowest BCUT2D eigenvalue weighted by molar-refractivity contribution is 0.0392. The summed E-state index contributed by atoms with van der Waals surface area (Å²) >= 11 is 12.0. The van der Waals surface area contributed by atoms with E-state index in [9.17, 15) is 10.2 Å². The van der Waals surface area contributed by atoms with Crippen molar-refractivity contribution in [2.75, 3.05) is 19.6 Å². The van der Waals surface area contributed by atoms with Crippen LogP contribution in [0.4, 0.5) is 0 Å². The molecule has 0 amide bonds. The first-order chi connectivity index (χ1) is 8.56. The van der Waals surface area contributed by atoms with E-state index >= 15 is 0 Å². The third kappa shape index (κ3) is 3.59. The first kappa shape index (κ1) is 14.1. The van der Waals surface area contributed by atoms with Crippen molar-refractivity contribution in [1.29, 1.82) is 0 Å². The second kappa shape index (κ2) is 6.22. The van der Waals surface area contributed by atoms with E-state index in [4.69, 9.17) is 23.2 Å². The van der Waals surface area contributed by atoms with E-state index in [1.807, 2.05) is 0 Å². The second-order valence-corrected chi connectivity index (χ2v) is 5.58. The predicted molar refractivity (Wildman–Crippen MR) is 73.1 cm³/mol. The molecule has 2 N–H and O–H groups in total. The molecule has 100 valence electrons. The lowest BCUT2D eigenvalue weighted by Crippen LogP contribution is -2.40. The van der Waals surface area contributed by atoms with Gasteiger partial charge in [0.2, 0.25) is 0 Å². The summed E-state index contributed by atoms with van der Waals surface area (Å²) in [5, 5.41) is 20.9. The Morgan fingerprint density at radius 2 is 2.17 bits per heavy atom. The van der Waals surface area contributed by atoms with Crippen molar-refractivity contribution in [3.63, 3.8) is 0 Å². The predicted octanol–water partition coefficient (Wildman–Crippen LogP) is 2.48. The smallest absolute Gasteiger partial charge is 0.0931 e. The SMILES string of the molecule is O[C@@H]1CCCN(C[C@@H](O)c2cc(Cl)ccc2Cl)C1. The topological polar surface area (TPSA) is 43.7 Å². The van der Waals surface area contributed by atoms with Gasteiger partial charge in [0.05, 0.1) is 12.2 Å². The molecule has 1 saturated heterocycles. The number of piperidine rings is 1. The maximum absolute atomic E-state index is 10.2. The lowest BCUT2D eigenvalue weighted by atomic mass is 10.1. The summed E-state index contributed by atoms with van der Waals surface area (Å²) in [7, 11) is 0. The van der Waals surface area contributed by atoms with Crippen LogP contribution in [0.1, 0.15) is 24.5 Å². The Labute approximate surface area is 117 Å². The Kier molecular flexibility index (Phi) is 4.87. The summed E-state index contributed by atoms with van der Waals surface area (Å²) < 4.78 is 0. The van der Waals surface area contributed by atoms with Crippen LogP contribution in [0.2, 0.25) is 10.0 Å². The summed E-state index contributed by atoms with van der Waals surface area (Å²) in [5.74, 6) is 0. The Balaban J connectivity index is 2.02. The summed E-state index contributed by atoms with van der Waals surface area (Å²) in [6.45, 7) is 1.97. The van der Waals surface area contributed by atoms with E-state index in [2.05, 4.69) is 4.90 Å². The lowest BCUT2D eigenvalue weighted by Gasteiger charge is -2.31. The van der Waals surface area contributed by atoms with Crippen molar-refractivity contribution in [3.05, 3.63) is 33.8 Å². The highest BCUT2D eigenvalue weighted by molar-refractivity contribution is 6.33. The number of hydrogen-bond acceptors (Lipinski definition) is 3. The van der Waals surface area contributed by atoms with Crippen LogP contribution < -0.4 is 0 Å². The molecule has 5 heteroatoms. The second-order valence-electron chi connectivity index (χ2n) is 4.74. The van der Waals surface area contributed by atoms with Gasteiger partial charge >= 0.3 is 0 Å². The van der Waals surface area contributed by atoms with E-state index < -0.39 is 6.10 Å². The molecule has 1 aromatic carbocycles. The van der Waals surface area contributed by atoms with Crippen LogP contribution in [-0.4, -0.2) is 40.9 Å². The molecule has 2 rings (SSSR count). The van der Waals surface area contributed by atoms with Crippen LogP contribution in [0.15, 0.2) is 18.2 Å². The number of halogens is 2. The number of benzene rings is 1. The van der Waals surface area contributed by atoms with Gasteiger partial charge in [-0.1, -0.05) is 23.2 Å². The molecule has 0 saturated carbocycles. The van der Waals surface area contributed by atoms with Crippen LogP contribution in [0, 0.1) is 0 Å². The molecule has 1 aliphatic heterocycles. The van der Waals surface area contributed by atoms with E-state index in [1.54, 1.807) is 18.2 Å². The van der Waals surface area contributed by atoms with Gasteiger partial charge in [0.25, 0.3) is 0 Å². The average Bonchev–Trinajstić information content (AvgIpc) is 2.32. The van der Waals surface area contributed by atoms with Gasteiger partial charge in [-0.15, -0.1) is 0 Å². The van der Waals surface area contributed by atoms with Gasteiger partial charge in [-0.2, -0.15) is 0 Å². The van der Waals surface area contributed by atoms with Crippen LogP contribution in [0.3, 0.4) is 0 Å². The molecule has 1 aliphatic rings. The van der Waals surface area contributed by atoms with Gasteiger partial charge in [0, 0.05) is 28.7 Å². The maximum Gasteiger partial charge on any atom is 0.0931 e. The fourth-order valence-electron chi connectivity index (χ4n) is 2.31. The molecule has 1 aromatic rings. The number of aliphatic hydroxyl groups is 2. The Morgan fingerprint density at radius 3 is 2.89 bits per heavy atom. The average molecular weight is 290 g/mol. The molecule has 0 aliphatic carbocycles. The minimum atomic E-state index is -0.679. The molecule has 1 fully saturated rings. The normalized spacial score (nSPS) is 23.0. The molecule has 0 unspecified atom stereocenters. The van der Waals surface area contributed by atoms with E-state index in [0.717, 1.165) is 19.4 Å². The summed E-state index contributed by atoms with van der Waals surface area (Å²) in [4.78, 5) is 2.05. The molecule has 0 spiro atoms. The molecule has 18 heavy (non-hydrogen) atoms. The fourth-order valence-corrected chi connectivity index (χ4v) is 2.73. The minimum absolute atomic E-state index is 0.291. The van der Waals surface area contributed by atoms with Gasteiger partial charge in [-0.05, 0) is 37.6 Å². The fraction of sp³-hybridized carbons (Fsp3) is 0.538. The number of nitrogens with zero attached hydrogens (tertiary/aromatic N) is 1. The van der Waals surface area contributed by atoms with Crippen molar-refractivity contribution in [2.24, 2.45) is 0 Å².